The SMILES string of the molecule is CCN(C1CCC(C(=O)OC)CC1)S(=O)(=O)c1cccc(C(=O)Nc2sc3c(c2C(=O)Nc2ccc(CCc4ccc(C(=O)O)cc4)cc2)CCCC3)c1. The Kier molecular flexibility index (Phi) is 12.3. The molecule has 0 saturated heterocycles. The Hall–Kier alpha value is -4.85. The number of esters is 1. The molecule has 0 radical (unpaired) electrons. The van der Waals surface area contributed by atoms with Crippen LogP contribution in [-0.4, -0.2) is 61.3 Å². The molecule has 284 valence electrons. The molecule has 2 aliphatic carbocycles. The monoisotopic (exact) mass is 771 g/mol. The van der Waals surface area contributed by atoms with Crippen molar-refractivity contribution in [1.82, 2.24) is 4.31 Å². The first-order valence-electron chi connectivity index (χ1n) is 18.4. The van der Waals surface area contributed by atoms with Gasteiger partial charge in [-0.25, -0.2) is 13.2 Å². The number of hydrogen-bond donors (Lipinski definition) is 3. The van der Waals surface area contributed by atoms with Crippen molar-refractivity contribution in [2.75, 3.05) is 24.3 Å². The van der Waals surface area contributed by atoms with Crippen LogP contribution in [0.4, 0.5) is 10.7 Å². The molecule has 3 aromatic carbocycles. The van der Waals surface area contributed by atoms with Crippen molar-refractivity contribution < 1.29 is 37.4 Å². The second kappa shape index (κ2) is 17.1. The van der Waals surface area contributed by atoms with Gasteiger partial charge in [-0.2, -0.15) is 4.31 Å². The van der Waals surface area contributed by atoms with Crippen LogP contribution in [0.3, 0.4) is 0 Å². The summed E-state index contributed by atoms with van der Waals surface area (Å²) in [5, 5.41) is 15.5. The maximum atomic E-state index is 13.9. The number of methoxy groups -OCH3 is 1. The van der Waals surface area contributed by atoms with Crippen LogP contribution in [0.15, 0.2) is 77.7 Å². The summed E-state index contributed by atoms with van der Waals surface area (Å²) in [5.74, 6) is -2.29. The number of hydrogen-bond acceptors (Lipinski definition) is 8. The predicted molar refractivity (Wildman–Crippen MR) is 208 cm³/mol. The van der Waals surface area contributed by atoms with E-state index in [0.29, 0.717) is 41.9 Å². The second-order valence-electron chi connectivity index (χ2n) is 13.8. The molecule has 0 unspecified atom stereocenters. The summed E-state index contributed by atoms with van der Waals surface area (Å²) in [6.07, 6.45) is 7.11. The number of carboxylic acids is 1. The molecule has 6 rings (SSSR count). The zero-order chi connectivity index (χ0) is 38.4. The molecule has 1 aromatic heterocycles. The average Bonchev–Trinajstić information content (AvgIpc) is 3.55. The first-order valence-corrected chi connectivity index (χ1v) is 20.6. The third-order valence-electron chi connectivity index (χ3n) is 10.4. The molecule has 13 heteroatoms. The number of benzene rings is 3. The van der Waals surface area contributed by atoms with Gasteiger partial charge >= 0.3 is 11.9 Å². The number of nitrogens with zero attached hydrogens (tertiary/aromatic N) is 1. The minimum absolute atomic E-state index is 0.00933. The first-order chi connectivity index (χ1) is 26.0. The van der Waals surface area contributed by atoms with Gasteiger partial charge in [0, 0.05) is 28.7 Å². The molecule has 0 bridgehead atoms. The van der Waals surface area contributed by atoms with Crippen LogP contribution in [0.25, 0.3) is 0 Å². The number of thiophene rings is 1. The molecule has 54 heavy (non-hydrogen) atoms. The fraction of sp³-hybridized carbons (Fsp3) is 0.366. The summed E-state index contributed by atoms with van der Waals surface area (Å²) in [6, 6.07) is 20.1. The van der Waals surface area contributed by atoms with Gasteiger partial charge in [-0.1, -0.05) is 37.3 Å². The number of anilines is 2. The molecular formula is C41H45N3O8S2. The number of sulfonamides is 1. The Balaban J connectivity index is 1.14. The lowest BCUT2D eigenvalue weighted by molar-refractivity contribution is -0.146. The van der Waals surface area contributed by atoms with Crippen molar-refractivity contribution in [1.29, 1.82) is 0 Å². The van der Waals surface area contributed by atoms with Crippen LogP contribution in [0, 0.1) is 5.92 Å². The number of carbonyl (C=O) groups excluding carboxylic acids is 3. The molecule has 11 nitrogen and oxygen atoms in total. The second-order valence-corrected chi connectivity index (χ2v) is 16.8. The molecule has 3 N–H and O–H groups in total. The highest BCUT2D eigenvalue weighted by atomic mass is 32.2. The predicted octanol–water partition coefficient (Wildman–Crippen LogP) is 7.36. The highest BCUT2D eigenvalue weighted by molar-refractivity contribution is 7.89. The minimum Gasteiger partial charge on any atom is -0.478 e. The largest absolute Gasteiger partial charge is 0.478 e. The van der Waals surface area contributed by atoms with E-state index in [1.54, 1.807) is 31.2 Å². The molecule has 2 amide bonds. The highest BCUT2D eigenvalue weighted by Crippen LogP contribution is 2.39. The van der Waals surface area contributed by atoms with E-state index < -0.39 is 21.9 Å². The van der Waals surface area contributed by atoms with E-state index >= 15 is 0 Å². The van der Waals surface area contributed by atoms with E-state index in [1.165, 1.54) is 34.9 Å². The molecule has 1 saturated carbocycles. The fourth-order valence-electron chi connectivity index (χ4n) is 7.44. The average molecular weight is 772 g/mol. The van der Waals surface area contributed by atoms with Gasteiger partial charge in [0.25, 0.3) is 11.8 Å². The Morgan fingerprint density at radius 2 is 1.48 bits per heavy atom. The van der Waals surface area contributed by atoms with E-state index in [4.69, 9.17) is 9.84 Å². The Labute approximate surface area is 319 Å². The van der Waals surface area contributed by atoms with E-state index in [2.05, 4.69) is 10.6 Å². The quantitative estimate of drug-likeness (QED) is 0.119. The van der Waals surface area contributed by atoms with Crippen molar-refractivity contribution in [2.45, 2.75) is 82.1 Å². The number of rotatable bonds is 13. The molecule has 1 heterocycles. The summed E-state index contributed by atoms with van der Waals surface area (Å²) in [7, 11) is -2.59. The molecule has 4 aromatic rings. The third kappa shape index (κ3) is 8.75. The zero-order valence-corrected chi connectivity index (χ0v) is 32.1. The van der Waals surface area contributed by atoms with E-state index in [9.17, 15) is 27.6 Å². The van der Waals surface area contributed by atoms with E-state index in [0.717, 1.165) is 60.1 Å². The number of ether oxygens (including phenoxy) is 1. The van der Waals surface area contributed by atoms with Gasteiger partial charge in [0.2, 0.25) is 10.0 Å². The Morgan fingerprint density at radius 1 is 0.833 bits per heavy atom. The minimum atomic E-state index is -3.95. The number of amides is 2. The highest BCUT2D eigenvalue weighted by Gasteiger charge is 2.36. The van der Waals surface area contributed by atoms with Crippen molar-refractivity contribution in [3.05, 3.63) is 111 Å². The third-order valence-corrected chi connectivity index (χ3v) is 13.6. The van der Waals surface area contributed by atoms with Crippen LogP contribution >= 0.6 is 11.3 Å². The van der Waals surface area contributed by atoms with Gasteiger partial charge < -0.3 is 20.5 Å². The maximum absolute atomic E-state index is 13.9. The molecule has 0 atom stereocenters. The molecular weight excluding hydrogens is 727 g/mol. The van der Waals surface area contributed by atoms with E-state index in [-0.39, 0.29) is 46.4 Å². The molecule has 2 aliphatic rings. The summed E-state index contributed by atoms with van der Waals surface area (Å²) < 4.78 is 34.2. The van der Waals surface area contributed by atoms with Crippen LogP contribution in [-0.2, 0) is 45.2 Å². The number of fused-ring (bicyclic) bond motifs is 1. The summed E-state index contributed by atoms with van der Waals surface area (Å²) in [5.41, 5.74) is 4.48. The number of nitrogens with one attached hydrogen (secondary N) is 2. The summed E-state index contributed by atoms with van der Waals surface area (Å²) >= 11 is 1.39. The fourth-order valence-corrected chi connectivity index (χ4v) is 10.5. The van der Waals surface area contributed by atoms with Gasteiger partial charge in [-0.3, -0.25) is 14.4 Å². The van der Waals surface area contributed by atoms with Crippen LogP contribution in [0.1, 0.15) is 98.1 Å². The van der Waals surface area contributed by atoms with Gasteiger partial charge in [-0.15, -0.1) is 11.3 Å². The topological polar surface area (TPSA) is 159 Å². The Bertz CT molecular complexity index is 2120. The van der Waals surface area contributed by atoms with Crippen molar-refractivity contribution in [3.8, 4) is 0 Å². The van der Waals surface area contributed by atoms with Crippen molar-refractivity contribution in [3.63, 3.8) is 0 Å². The normalized spacial score (nSPS) is 17.0. The van der Waals surface area contributed by atoms with E-state index in [1.807, 2.05) is 36.4 Å². The van der Waals surface area contributed by atoms with Gasteiger partial charge in [0.15, 0.2) is 0 Å². The zero-order valence-electron chi connectivity index (χ0n) is 30.4. The standard InChI is InChI=1S/C41H45N3O8S2/c1-3-44(32-23-19-29(20-24-32)41(49)52-2)54(50,51)33-8-6-7-30(25-33)37(45)43-39-36(34-9-4-5-10-35(34)53-39)38(46)42-31-21-15-27(16-22-31)12-11-26-13-17-28(18-14-26)40(47)48/h6-8,13-18,21-22,25,29,32H,3-5,9-12,19-20,23-24H2,1-2H3,(H,42,46)(H,43,45)(H,47,48). The van der Waals surface area contributed by atoms with Crippen molar-refractivity contribution >= 4 is 55.8 Å². The smallest absolute Gasteiger partial charge is 0.335 e. The van der Waals surface area contributed by atoms with Crippen molar-refractivity contribution in [2.24, 2.45) is 5.92 Å². The number of carboxylic acid groups (broad SMARTS) is 1. The van der Waals surface area contributed by atoms with Crippen LogP contribution < -0.4 is 10.6 Å². The van der Waals surface area contributed by atoms with Crippen LogP contribution in [0.5, 0.6) is 0 Å². The first kappa shape index (κ1) is 38.9. The maximum Gasteiger partial charge on any atom is 0.335 e. The lowest BCUT2D eigenvalue weighted by Gasteiger charge is -2.34. The lowest BCUT2D eigenvalue weighted by atomic mass is 9.86. The number of aryl methyl sites for hydroxylation is 3. The van der Waals surface area contributed by atoms with Gasteiger partial charge in [0.05, 0.1) is 29.1 Å². The summed E-state index contributed by atoms with van der Waals surface area (Å²) in [4.78, 5) is 51.8. The molecule has 0 spiro atoms. The lowest BCUT2D eigenvalue weighted by Crippen LogP contribution is -2.43. The van der Waals surface area contributed by atoms with Gasteiger partial charge in [-0.05, 0) is 123 Å². The number of carbonyl (C=O) groups is 4. The van der Waals surface area contributed by atoms with Gasteiger partial charge in [0.1, 0.15) is 5.00 Å². The number of aromatic carboxylic acids is 1. The molecule has 0 aliphatic heterocycles. The van der Waals surface area contributed by atoms with Crippen LogP contribution in [0.2, 0.25) is 0 Å². The summed E-state index contributed by atoms with van der Waals surface area (Å²) in [6.45, 7) is 2.03. The Morgan fingerprint density at radius 3 is 2.11 bits per heavy atom. The molecule has 1 fully saturated rings.